The Morgan fingerprint density at radius 3 is 2.50 bits per heavy atom. The Balaban J connectivity index is 1.50. The molecule has 8 heteroatoms. The summed E-state index contributed by atoms with van der Waals surface area (Å²) >= 11 is 12.2. The van der Waals surface area contributed by atoms with Crippen molar-refractivity contribution in [1.82, 2.24) is 15.1 Å². The molecule has 1 aromatic carbocycles. The molecule has 2 heterocycles. The molecule has 2 aliphatic rings. The summed E-state index contributed by atoms with van der Waals surface area (Å²) in [4.78, 5) is 29.1. The van der Waals surface area contributed by atoms with E-state index in [0.29, 0.717) is 42.8 Å². The van der Waals surface area contributed by atoms with Crippen LogP contribution in [0.15, 0.2) is 18.2 Å². The molecule has 2 aliphatic heterocycles. The van der Waals surface area contributed by atoms with Crippen LogP contribution >= 0.6 is 23.2 Å². The quantitative estimate of drug-likeness (QED) is 0.784. The molecule has 6 nitrogen and oxygen atoms in total. The van der Waals surface area contributed by atoms with Gasteiger partial charge in [0.15, 0.2) is 0 Å². The van der Waals surface area contributed by atoms with Crippen molar-refractivity contribution in [3.63, 3.8) is 0 Å². The lowest BCUT2D eigenvalue weighted by atomic mass is 10.1. The lowest BCUT2D eigenvalue weighted by Gasteiger charge is -2.38. The van der Waals surface area contributed by atoms with Gasteiger partial charge in [-0.25, -0.2) is 0 Å². The number of hydrogen-bond acceptors (Lipinski definition) is 4. The smallest absolute Gasteiger partial charge is 0.251 e. The van der Waals surface area contributed by atoms with Crippen LogP contribution in [0, 0.1) is 0 Å². The molecule has 2 amide bonds. The van der Waals surface area contributed by atoms with Gasteiger partial charge >= 0.3 is 0 Å². The molecule has 1 aromatic rings. The van der Waals surface area contributed by atoms with Crippen molar-refractivity contribution >= 4 is 35.0 Å². The number of halogens is 2. The Kier molecular flexibility index (Phi) is 7.20. The minimum absolute atomic E-state index is 0.0579. The zero-order chi connectivity index (χ0) is 20.3. The standard InChI is InChI=1S/C20H27Cl2N3O3/c1-13(16-6-5-15(21)12-17(16)22)23-19(26)14(2)24-7-9-25(10-8-24)20(27)18-4-3-11-28-18/h5-6,12-14,18H,3-4,7-11H2,1-2H3,(H,23,26). The van der Waals surface area contributed by atoms with Gasteiger partial charge in [-0.3, -0.25) is 14.5 Å². The predicted molar refractivity (Wildman–Crippen MR) is 110 cm³/mol. The van der Waals surface area contributed by atoms with Crippen molar-refractivity contribution in [3.05, 3.63) is 33.8 Å². The fourth-order valence-corrected chi connectivity index (χ4v) is 4.31. The molecular formula is C20H27Cl2N3O3. The lowest BCUT2D eigenvalue weighted by molar-refractivity contribution is -0.143. The molecule has 154 valence electrons. The number of amides is 2. The van der Waals surface area contributed by atoms with E-state index in [4.69, 9.17) is 27.9 Å². The number of piperazine rings is 1. The van der Waals surface area contributed by atoms with Crippen molar-refractivity contribution in [3.8, 4) is 0 Å². The highest BCUT2D eigenvalue weighted by molar-refractivity contribution is 6.35. The molecule has 0 aromatic heterocycles. The molecule has 3 atom stereocenters. The number of benzene rings is 1. The number of carbonyl (C=O) groups is 2. The SMILES string of the molecule is CC(NC(=O)C(C)N1CCN(C(=O)C2CCCO2)CC1)c1ccc(Cl)cc1Cl. The molecule has 0 saturated carbocycles. The topological polar surface area (TPSA) is 61.9 Å². The summed E-state index contributed by atoms with van der Waals surface area (Å²) in [6, 6.07) is 4.76. The number of nitrogens with one attached hydrogen (secondary N) is 1. The van der Waals surface area contributed by atoms with Crippen molar-refractivity contribution in [2.75, 3.05) is 32.8 Å². The first kappa shape index (κ1) is 21.4. The van der Waals surface area contributed by atoms with Gasteiger partial charge < -0.3 is 15.0 Å². The molecule has 0 bridgehead atoms. The monoisotopic (exact) mass is 427 g/mol. The van der Waals surface area contributed by atoms with Gasteiger partial charge in [-0.15, -0.1) is 0 Å². The molecule has 2 saturated heterocycles. The number of nitrogens with zero attached hydrogens (tertiary/aromatic N) is 2. The van der Waals surface area contributed by atoms with E-state index in [-0.39, 0.29) is 30.0 Å². The van der Waals surface area contributed by atoms with Crippen LogP contribution in [0.1, 0.15) is 38.3 Å². The fourth-order valence-electron chi connectivity index (χ4n) is 3.74. The minimum Gasteiger partial charge on any atom is -0.368 e. The molecule has 1 N–H and O–H groups in total. The van der Waals surface area contributed by atoms with E-state index in [2.05, 4.69) is 10.2 Å². The van der Waals surface area contributed by atoms with Crippen molar-refractivity contribution < 1.29 is 14.3 Å². The van der Waals surface area contributed by atoms with Crippen LogP contribution in [-0.2, 0) is 14.3 Å². The van der Waals surface area contributed by atoms with E-state index < -0.39 is 0 Å². The highest BCUT2D eigenvalue weighted by Crippen LogP contribution is 2.26. The second kappa shape index (κ2) is 9.44. The predicted octanol–water partition coefficient (Wildman–Crippen LogP) is 2.88. The van der Waals surface area contributed by atoms with Crippen LogP contribution in [0.2, 0.25) is 10.0 Å². The van der Waals surface area contributed by atoms with E-state index in [9.17, 15) is 9.59 Å². The Bertz CT molecular complexity index is 717. The number of carbonyl (C=O) groups excluding carboxylic acids is 2. The summed E-state index contributed by atoms with van der Waals surface area (Å²) in [5, 5.41) is 4.13. The van der Waals surface area contributed by atoms with Gasteiger partial charge in [-0.05, 0) is 44.4 Å². The highest BCUT2D eigenvalue weighted by atomic mass is 35.5. The van der Waals surface area contributed by atoms with Gasteiger partial charge in [0.1, 0.15) is 6.10 Å². The van der Waals surface area contributed by atoms with E-state index in [0.717, 1.165) is 18.4 Å². The third kappa shape index (κ3) is 4.98. The number of hydrogen-bond donors (Lipinski definition) is 1. The molecule has 3 unspecified atom stereocenters. The van der Waals surface area contributed by atoms with Crippen LogP contribution in [0.25, 0.3) is 0 Å². The summed E-state index contributed by atoms with van der Waals surface area (Å²) in [5.41, 5.74) is 0.832. The fraction of sp³-hybridized carbons (Fsp3) is 0.600. The van der Waals surface area contributed by atoms with E-state index in [1.807, 2.05) is 24.8 Å². The summed E-state index contributed by atoms with van der Waals surface area (Å²) in [6.07, 6.45) is 1.48. The van der Waals surface area contributed by atoms with Crippen LogP contribution in [0.3, 0.4) is 0 Å². The van der Waals surface area contributed by atoms with Crippen molar-refractivity contribution in [1.29, 1.82) is 0 Å². The summed E-state index contributed by atoms with van der Waals surface area (Å²) in [7, 11) is 0. The van der Waals surface area contributed by atoms with Gasteiger partial charge in [0.25, 0.3) is 5.91 Å². The normalized spacial score (nSPS) is 22.7. The maximum absolute atomic E-state index is 12.7. The van der Waals surface area contributed by atoms with E-state index >= 15 is 0 Å². The highest BCUT2D eigenvalue weighted by Gasteiger charge is 2.32. The first-order valence-corrected chi connectivity index (χ1v) is 10.5. The molecule has 3 rings (SSSR count). The average molecular weight is 428 g/mol. The summed E-state index contributed by atoms with van der Waals surface area (Å²) in [6.45, 7) is 7.04. The molecule has 2 fully saturated rings. The zero-order valence-electron chi connectivity index (χ0n) is 16.3. The Morgan fingerprint density at radius 1 is 1.18 bits per heavy atom. The zero-order valence-corrected chi connectivity index (χ0v) is 17.8. The van der Waals surface area contributed by atoms with Crippen molar-refractivity contribution in [2.24, 2.45) is 0 Å². The maximum Gasteiger partial charge on any atom is 0.251 e. The van der Waals surface area contributed by atoms with Gasteiger partial charge in [-0.1, -0.05) is 29.3 Å². The van der Waals surface area contributed by atoms with Gasteiger partial charge in [0.05, 0.1) is 12.1 Å². The van der Waals surface area contributed by atoms with Gasteiger partial charge in [0, 0.05) is 42.8 Å². The van der Waals surface area contributed by atoms with E-state index in [1.165, 1.54) is 0 Å². The van der Waals surface area contributed by atoms with Crippen LogP contribution in [-0.4, -0.2) is 66.5 Å². The minimum atomic E-state index is -0.284. The third-order valence-corrected chi connectivity index (χ3v) is 6.11. The first-order valence-electron chi connectivity index (χ1n) is 9.76. The molecule has 28 heavy (non-hydrogen) atoms. The van der Waals surface area contributed by atoms with Gasteiger partial charge in [-0.2, -0.15) is 0 Å². The Morgan fingerprint density at radius 2 is 1.89 bits per heavy atom. The van der Waals surface area contributed by atoms with Crippen LogP contribution in [0.4, 0.5) is 0 Å². The summed E-state index contributed by atoms with van der Waals surface area (Å²) < 4.78 is 5.50. The second-order valence-electron chi connectivity index (χ2n) is 7.44. The third-order valence-electron chi connectivity index (χ3n) is 5.55. The summed E-state index contributed by atoms with van der Waals surface area (Å²) in [5.74, 6) is 0.0256. The first-order chi connectivity index (χ1) is 13.4. The average Bonchev–Trinajstić information content (AvgIpc) is 3.21. The van der Waals surface area contributed by atoms with Gasteiger partial charge in [0.2, 0.25) is 5.91 Å². The van der Waals surface area contributed by atoms with Crippen LogP contribution < -0.4 is 5.32 Å². The maximum atomic E-state index is 12.7. The lowest BCUT2D eigenvalue weighted by Crippen LogP contribution is -2.56. The van der Waals surface area contributed by atoms with Crippen LogP contribution in [0.5, 0.6) is 0 Å². The number of ether oxygens (including phenoxy) is 1. The molecule has 0 radical (unpaired) electrons. The largest absolute Gasteiger partial charge is 0.368 e. The molecule has 0 aliphatic carbocycles. The molecule has 0 spiro atoms. The Hall–Kier alpha value is -1.34. The van der Waals surface area contributed by atoms with E-state index in [1.54, 1.807) is 12.1 Å². The van der Waals surface area contributed by atoms with Crippen molar-refractivity contribution in [2.45, 2.75) is 44.9 Å². The second-order valence-corrected chi connectivity index (χ2v) is 8.28. The number of rotatable bonds is 5. The Labute approximate surface area is 176 Å². The molecular weight excluding hydrogens is 401 g/mol.